The third-order valence-corrected chi connectivity index (χ3v) is 4.92. The average Bonchev–Trinajstić information content (AvgIpc) is 2.97. The topological polar surface area (TPSA) is 54.9 Å². The molecule has 0 spiro atoms. The maximum absolute atomic E-state index is 12.4. The zero-order valence-electron chi connectivity index (χ0n) is 12.7. The Morgan fingerprint density at radius 1 is 1.12 bits per heavy atom. The first-order chi connectivity index (χ1) is 11.6. The number of fused-ring (bicyclic) bond motifs is 2. The van der Waals surface area contributed by atoms with E-state index in [0.717, 1.165) is 26.7 Å². The maximum atomic E-state index is 12.4. The Morgan fingerprint density at radius 3 is 2.79 bits per heavy atom. The van der Waals surface area contributed by atoms with Gasteiger partial charge in [0.2, 0.25) is 0 Å². The van der Waals surface area contributed by atoms with Gasteiger partial charge >= 0.3 is 0 Å². The minimum atomic E-state index is -0.201. The van der Waals surface area contributed by atoms with E-state index in [4.69, 9.17) is 11.6 Å². The molecule has 6 heteroatoms. The Hall–Kier alpha value is -2.50. The van der Waals surface area contributed by atoms with Gasteiger partial charge in [0.25, 0.3) is 5.91 Å². The number of halogens is 1. The lowest BCUT2D eigenvalue weighted by molar-refractivity contribution is 0.103. The Morgan fingerprint density at radius 2 is 2.00 bits per heavy atom. The number of thiophene rings is 1. The number of aryl methyl sites for hydroxylation is 1. The van der Waals surface area contributed by atoms with Crippen LogP contribution in [0.5, 0.6) is 0 Å². The third kappa shape index (κ3) is 2.84. The quantitative estimate of drug-likeness (QED) is 0.548. The summed E-state index contributed by atoms with van der Waals surface area (Å²) in [6, 6.07) is 13.4. The van der Waals surface area contributed by atoms with Crippen LogP contribution >= 0.6 is 22.9 Å². The summed E-state index contributed by atoms with van der Waals surface area (Å²) in [6.07, 6.45) is 1.50. The molecule has 24 heavy (non-hydrogen) atoms. The van der Waals surface area contributed by atoms with E-state index in [1.54, 1.807) is 12.1 Å². The highest BCUT2D eigenvalue weighted by molar-refractivity contribution is 7.20. The van der Waals surface area contributed by atoms with E-state index in [2.05, 4.69) is 27.4 Å². The highest BCUT2D eigenvalue weighted by Crippen LogP contribution is 2.28. The number of pyridine rings is 2. The van der Waals surface area contributed by atoms with Crippen molar-refractivity contribution >= 4 is 55.8 Å². The number of nitrogens with zero attached hydrogens (tertiary/aromatic N) is 2. The van der Waals surface area contributed by atoms with E-state index in [0.29, 0.717) is 15.7 Å². The SMILES string of the molecule is Cc1ccc2cc3cc(C(=O)Nc4ccc(Cl)cn4)sc3nc2c1. The normalized spacial score (nSPS) is 11.1. The molecule has 1 aromatic carbocycles. The number of carbonyl (C=O) groups is 1. The monoisotopic (exact) mass is 353 g/mol. The van der Waals surface area contributed by atoms with Crippen molar-refractivity contribution in [1.29, 1.82) is 0 Å². The van der Waals surface area contributed by atoms with Crippen LogP contribution in [-0.2, 0) is 0 Å². The molecule has 3 heterocycles. The zero-order valence-corrected chi connectivity index (χ0v) is 14.3. The van der Waals surface area contributed by atoms with Gasteiger partial charge in [-0.15, -0.1) is 11.3 Å². The molecule has 1 N–H and O–H groups in total. The number of rotatable bonds is 2. The Kier molecular flexibility index (Phi) is 3.67. The number of aromatic nitrogens is 2. The molecular weight excluding hydrogens is 342 g/mol. The summed E-state index contributed by atoms with van der Waals surface area (Å²) in [5.41, 5.74) is 2.10. The number of anilines is 1. The largest absolute Gasteiger partial charge is 0.306 e. The molecule has 0 aliphatic heterocycles. The first-order valence-electron chi connectivity index (χ1n) is 7.32. The number of amides is 1. The predicted octanol–water partition coefficient (Wildman–Crippen LogP) is 5.06. The molecule has 4 aromatic rings. The Balaban J connectivity index is 1.69. The van der Waals surface area contributed by atoms with Gasteiger partial charge in [-0.05, 0) is 42.8 Å². The second-order valence-electron chi connectivity index (χ2n) is 5.51. The van der Waals surface area contributed by atoms with Crippen LogP contribution in [0.3, 0.4) is 0 Å². The molecule has 0 saturated heterocycles. The minimum Gasteiger partial charge on any atom is -0.306 e. The third-order valence-electron chi connectivity index (χ3n) is 3.65. The average molecular weight is 354 g/mol. The molecule has 0 bridgehead atoms. The molecule has 0 radical (unpaired) electrons. The summed E-state index contributed by atoms with van der Waals surface area (Å²) in [5.74, 6) is 0.267. The maximum Gasteiger partial charge on any atom is 0.266 e. The van der Waals surface area contributed by atoms with Gasteiger partial charge in [-0.1, -0.05) is 23.7 Å². The molecule has 3 aromatic heterocycles. The van der Waals surface area contributed by atoms with Crippen molar-refractivity contribution in [3.8, 4) is 0 Å². The number of hydrogen-bond acceptors (Lipinski definition) is 4. The number of nitrogens with one attached hydrogen (secondary N) is 1. The molecule has 0 aliphatic rings. The van der Waals surface area contributed by atoms with E-state index in [1.807, 2.05) is 25.1 Å². The second-order valence-corrected chi connectivity index (χ2v) is 6.97. The van der Waals surface area contributed by atoms with Crippen molar-refractivity contribution < 1.29 is 4.79 Å². The standard InChI is InChI=1S/C18H12ClN3OS/c1-10-2-3-11-7-12-8-15(24-18(12)21-14(11)6-10)17(23)22-16-5-4-13(19)9-20-16/h2-9H,1H3,(H,20,22,23). The predicted molar refractivity (Wildman–Crippen MR) is 99.1 cm³/mol. The molecule has 0 fully saturated rings. The van der Waals surface area contributed by atoms with Crippen molar-refractivity contribution in [2.45, 2.75) is 6.92 Å². The van der Waals surface area contributed by atoms with Crippen LogP contribution in [0, 0.1) is 6.92 Å². The van der Waals surface area contributed by atoms with E-state index < -0.39 is 0 Å². The molecule has 0 aliphatic carbocycles. The second kappa shape index (κ2) is 5.85. The van der Waals surface area contributed by atoms with E-state index >= 15 is 0 Å². The van der Waals surface area contributed by atoms with Gasteiger partial charge < -0.3 is 5.32 Å². The smallest absolute Gasteiger partial charge is 0.266 e. The summed E-state index contributed by atoms with van der Waals surface area (Å²) in [7, 11) is 0. The highest BCUT2D eigenvalue weighted by Gasteiger charge is 2.12. The Labute approximate surface area is 147 Å². The lowest BCUT2D eigenvalue weighted by Crippen LogP contribution is -2.10. The minimum absolute atomic E-state index is 0.201. The van der Waals surface area contributed by atoms with E-state index in [-0.39, 0.29) is 5.91 Å². The molecule has 1 amide bonds. The van der Waals surface area contributed by atoms with Gasteiger partial charge in [-0.25, -0.2) is 9.97 Å². The molecule has 118 valence electrons. The lowest BCUT2D eigenvalue weighted by Gasteiger charge is -2.01. The summed E-state index contributed by atoms with van der Waals surface area (Å²) >= 11 is 7.17. The van der Waals surface area contributed by atoms with E-state index in [9.17, 15) is 4.79 Å². The fourth-order valence-corrected chi connectivity index (χ4v) is 3.50. The highest BCUT2D eigenvalue weighted by atomic mass is 35.5. The van der Waals surface area contributed by atoms with E-state index in [1.165, 1.54) is 17.5 Å². The van der Waals surface area contributed by atoms with Crippen molar-refractivity contribution in [3.63, 3.8) is 0 Å². The van der Waals surface area contributed by atoms with Crippen LogP contribution in [0.2, 0.25) is 5.02 Å². The van der Waals surface area contributed by atoms with Crippen LogP contribution in [-0.4, -0.2) is 15.9 Å². The van der Waals surface area contributed by atoms with Gasteiger partial charge in [0.15, 0.2) is 0 Å². The molecular formula is C18H12ClN3OS. The zero-order chi connectivity index (χ0) is 16.7. The van der Waals surface area contributed by atoms with Crippen LogP contribution in [0.4, 0.5) is 5.82 Å². The lowest BCUT2D eigenvalue weighted by atomic mass is 10.1. The van der Waals surface area contributed by atoms with Crippen LogP contribution < -0.4 is 5.32 Å². The fraction of sp³-hybridized carbons (Fsp3) is 0.0556. The van der Waals surface area contributed by atoms with Crippen molar-refractivity contribution in [1.82, 2.24) is 9.97 Å². The summed E-state index contributed by atoms with van der Waals surface area (Å²) in [6.45, 7) is 2.04. The molecule has 4 rings (SSSR count). The number of hydrogen-bond donors (Lipinski definition) is 1. The van der Waals surface area contributed by atoms with Crippen molar-refractivity contribution in [3.05, 3.63) is 64.1 Å². The van der Waals surface area contributed by atoms with Crippen LogP contribution in [0.15, 0.2) is 48.7 Å². The Bertz CT molecular complexity index is 1070. The summed E-state index contributed by atoms with van der Waals surface area (Å²) < 4.78 is 0. The molecule has 0 unspecified atom stereocenters. The van der Waals surface area contributed by atoms with Crippen LogP contribution in [0.1, 0.15) is 15.2 Å². The fourth-order valence-electron chi connectivity index (χ4n) is 2.48. The van der Waals surface area contributed by atoms with Gasteiger partial charge in [-0.3, -0.25) is 4.79 Å². The number of carbonyl (C=O) groups excluding carboxylic acids is 1. The van der Waals surface area contributed by atoms with Gasteiger partial charge in [0, 0.05) is 17.0 Å². The first kappa shape index (κ1) is 15.1. The molecule has 0 saturated carbocycles. The first-order valence-corrected chi connectivity index (χ1v) is 8.52. The van der Waals surface area contributed by atoms with Gasteiger partial charge in [0.05, 0.1) is 15.4 Å². The van der Waals surface area contributed by atoms with Gasteiger partial charge in [-0.2, -0.15) is 0 Å². The van der Waals surface area contributed by atoms with Crippen molar-refractivity contribution in [2.24, 2.45) is 0 Å². The number of benzene rings is 1. The summed E-state index contributed by atoms with van der Waals surface area (Å²) in [4.78, 5) is 22.6. The van der Waals surface area contributed by atoms with Gasteiger partial charge in [0.1, 0.15) is 10.6 Å². The molecule has 4 nitrogen and oxygen atoms in total. The van der Waals surface area contributed by atoms with Crippen LogP contribution in [0.25, 0.3) is 21.1 Å². The molecule has 0 atom stereocenters. The summed E-state index contributed by atoms with van der Waals surface area (Å²) in [5, 5.41) is 5.33. The van der Waals surface area contributed by atoms with Crippen molar-refractivity contribution in [2.75, 3.05) is 5.32 Å².